The summed E-state index contributed by atoms with van der Waals surface area (Å²) in [4.78, 5) is 13.8. The van der Waals surface area contributed by atoms with E-state index in [-0.39, 0.29) is 28.1 Å². The molecule has 0 aliphatic carbocycles. The number of rotatable bonds is 4. The Balaban J connectivity index is 1.87. The summed E-state index contributed by atoms with van der Waals surface area (Å²) in [6.07, 6.45) is 1.55. The summed E-state index contributed by atoms with van der Waals surface area (Å²) in [5.74, 6) is -1.30. The van der Waals surface area contributed by atoms with E-state index < -0.39 is 17.2 Å². The van der Waals surface area contributed by atoms with Gasteiger partial charge in [0, 0.05) is 31.4 Å². The number of fused-ring (bicyclic) bond motifs is 1. The lowest BCUT2D eigenvalue weighted by Crippen LogP contribution is -2.41. The van der Waals surface area contributed by atoms with E-state index in [1.54, 1.807) is 29.6 Å². The van der Waals surface area contributed by atoms with Crippen molar-refractivity contribution < 1.29 is 13.6 Å². The van der Waals surface area contributed by atoms with Crippen molar-refractivity contribution in [3.05, 3.63) is 69.9 Å². The van der Waals surface area contributed by atoms with Crippen molar-refractivity contribution in [1.29, 1.82) is 0 Å². The number of likely N-dealkylation sites (tertiary alicyclic amines) is 1. The number of nitrogens with zero attached hydrogens (tertiary/aromatic N) is 3. The minimum atomic E-state index is -1.11. The van der Waals surface area contributed by atoms with Gasteiger partial charge >= 0.3 is 0 Å². The Morgan fingerprint density at radius 1 is 1.29 bits per heavy atom. The molecule has 2 heterocycles. The first-order valence-electron chi connectivity index (χ1n) is 9.63. The van der Waals surface area contributed by atoms with Crippen molar-refractivity contribution in [1.82, 2.24) is 14.7 Å². The Labute approximate surface area is 188 Å². The molecule has 1 amide bonds. The van der Waals surface area contributed by atoms with Gasteiger partial charge in [0.1, 0.15) is 11.6 Å². The molecule has 1 aliphatic rings. The zero-order chi connectivity index (χ0) is 22.5. The lowest BCUT2D eigenvalue weighted by molar-refractivity contribution is -0.125. The van der Waals surface area contributed by atoms with Crippen LogP contribution in [0.3, 0.4) is 0 Å². The molecule has 9 heteroatoms. The van der Waals surface area contributed by atoms with E-state index in [0.717, 1.165) is 0 Å². The smallest absolute Gasteiger partial charge is 0.246 e. The number of hydrogen-bond donors (Lipinski definition) is 1. The normalized spacial score (nSPS) is 18.6. The van der Waals surface area contributed by atoms with E-state index in [4.69, 9.17) is 23.2 Å². The highest BCUT2D eigenvalue weighted by Gasteiger charge is 2.44. The highest BCUT2D eigenvalue weighted by molar-refractivity contribution is 6.42. The van der Waals surface area contributed by atoms with Crippen LogP contribution in [0.25, 0.3) is 10.9 Å². The number of carbonyl (C=O) groups is 1. The second kappa shape index (κ2) is 7.80. The molecule has 1 aliphatic heterocycles. The molecule has 3 aromatic rings. The van der Waals surface area contributed by atoms with Crippen molar-refractivity contribution in [2.24, 2.45) is 7.05 Å². The van der Waals surface area contributed by atoms with Crippen LogP contribution in [0.4, 0.5) is 14.5 Å². The van der Waals surface area contributed by atoms with Crippen LogP contribution in [0, 0.1) is 18.6 Å². The van der Waals surface area contributed by atoms with E-state index in [1.165, 1.54) is 24.3 Å². The summed E-state index contributed by atoms with van der Waals surface area (Å²) in [6.45, 7) is 5.71. The number of carbonyl (C=O) groups excluding carboxylic acids is 1. The van der Waals surface area contributed by atoms with Crippen LogP contribution < -0.4 is 5.32 Å². The van der Waals surface area contributed by atoms with Gasteiger partial charge in [-0.15, -0.1) is 0 Å². The fourth-order valence-electron chi connectivity index (χ4n) is 4.34. The first-order valence-corrected chi connectivity index (χ1v) is 10.4. The zero-order valence-corrected chi connectivity index (χ0v) is 18.5. The number of benzene rings is 2. The molecule has 0 bridgehead atoms. The van der Waals surface area contributed by atoms with Gasteiger partial charge in [0.2, 0.25) is 5.91 Å². The van der Waals surface area contributed by atoms with Crippen molar-refractivity contribution in [3.8, 4) is 0 Å². The minimum Gasteiger partial charge on any atom is -0.373 e. The minimum absolute atomic E-state index is 0.0556. The monoisotopic (exact) mass is 464 g/mol. The van der Waals surface area contributed by atoms with E-state index in [0.29, 0.717) is 35.2 Å². The molecule has 0 spiro atoms. The number of hydrogen-bond acceptors (Lipinski definition) is 3. The lowest BCUT2D eigenvalue weighted by Gasteiger charge is -2.33. The van der Waals surface area contributed by atoms with Crippen LogP contribution in [0.5, 0.6) is 0 Å². The van der Waals surface area contributed by atoms with Gasteiger partial charge in [-0.3, -0.25) is 9.48 Å². The molecule has 1 atom stereocenters. The van der Waals surface area contributed by atoms with E-state index in [2.05, 4.69) is 17.0 Å². The summed E-state index contributed by atoms with van der Waals surface area (Å²) in [5.41, 5.74) is 0.603. The van der Waals surface area contributed by atoms with Gasteiger partial charge in [-0.2, -0.15) is 5.10 Å². The Kier molecular flexibility index (Phi) is 5.43. The van der Waals surface area contributed by atoms with Gasteiger partial charge in [-0.05, 0) is 43.7 Å². The zero-order valence-electron chi connectivity index (χ0n) is 17.0. The predicted octanol–water partition coefficient (Wildman–Crippen LogP) is 5.19. The molecule has 1 saturated heterocycles. The summed E-state index contributed by atoms with van der Waals surface area (Å²) in [6, 6.07) is 5.70. The number of aryl methyl sites for hydroxylation is 2. The topological polar surface area (TPSA) is 50.2 Å². The molecule has 0 radical (unpaired) electrons. The van der Waals surface area contributed by atoms with Crippen molar-refractivity contribution in [3.63, 3.8) is 0 Å². The third-order valence-corrected chi connectivity index (χ3v) is 6.55. The fraction of sp³-hybridized carbons (Fsp3) is 0.273. The molecule has 162 valence electrons. The maximum Gasteiger partial charge on any atom is 0.246 e. The maximum atomic E-state index is 15.0. The molecule has 31 heavy (non-hydrogen) atoms. The average molecular weight is 465 g/mol. The molecule has 1 N–H and O–H groups in total. The Morgan fingerprint density at radius 3 is 2.74 bits per heavy atom. The Morgan fingerprint density at radius 2 is 2.03 bits per heavy atom. The molecule has 4 rings (SSSR count). The summed E-state index contributed by atoms with van der Waals surface area (Å²) in [5, 5.41) is 8.20. The van der Waals surface area contributed by atoms with Crippen LogP contribution in [-0.2, 0) is 17.4 Å². The molecule has 1 fully saturated rings. The van der Waals surface area contributed by atoms with Crippen LogP contribution in [-0.4, -0.2) is 33.7 Å². The third-order valence-electron chi connectivity index (χ3n) is 5.74. The molecule has 1 aromatic heterocycles. The third kappa shape index (κ3) is 3.55. The van der Waals surface area contributed by atoms with Gasteiger partial charge in [-0.25, -0.2) is 8.78 Å². The van der Waals surface area contributed by atoms with Crippen LogP contribution in [0.2, 0.25) is 10.0 Å². The second-order valence-corrected chi connectivity index (χ2v) is 8.49. The number of nitrogens with one attached hydrogen (secondary N) is 1. The number of amides is 1. The van der Waals surface area contributed by atoms with Gasteiger partial charge in [0.05, 0.1) is 32.2 Å². The Hall–Kier alpha value is -2.64. The van der Waals surface area contributed by atoms with Crippen LogP contribution in [0.1, 0.15) is 17.7 Å². The average Bonchev–Trinajstić information content (AvgIpc) is 3.26. The van der Waals surface area contributed by atoms with E-state index in [1.807, 2.05) is 0 Å². The molecular weight excluding hydrogens is 445 g/mol. The highest BCUT2D eigenvalue weighted by Crippen LogP contribution is 2.43. The van der Waals surface area contributed by atoms with Crippen molar-refractivity contribution >= 4 is 45.7 Å². The number of halogens is 4. The maximum absolute atomic E-state index is 15.0. The van der Waals surface area contributed by atoms with Crippen molar-refractivity contribution in [2.45, 2.75) is 18.9 Å². The Bertz CT molecular complexity index is 1230. The summed E-state index contributed by atoms with van der Waals surface area (Å²) in [7, 11) is 1.72. The lowest BCUT2D eigenvalue weighted by atomic mass is 9.87. The number of anilines is 1. The quantitative estimate of drug-likeness (QED) is 0.426. The fourth-order valence-corrected chi connectivity index (χ4v) is 4.84. The highest BCUT2D eigenvalue weighted by atomic mass is 35.5. The number of aromatic nitrogens is 2. The summed E-state index contributed by atoms with van der Waals surface area (Å²) >= 11 is 12.6. The molecule has 5 nitrogen and oxygen atoms in total. The van der Waals surface area contributed by atoms with Crippen LogP contribution >= 0.6 is 23.2 Å². The molecular formula is C22H20Cl2F2N4O. The van der Waals surface area contributed by atoms with E-state index in [9.17, 15) is 9.18 Å². The second-order valence-electron chi connectivity index (χ2n) is 7.70. The largest absolute Gasteiger partial charge is 0.373 e. The predicted molar refractivity (Wildman–Crippen MR) is 119 cm³/mol. The standard InChI is InChI=1S/C22H20Cl2F2N4O/c1-4-18(31)30-8-7-22(11-30,20-15(25)6-5-14(23)21(20)24)27-13-9-16(26)19-12(2)28-29(3)17(19)10-13/h4-6,9-10,27H,1,7-8,11H2,2-3H3/t22-/m1/s1. The van der Waals surface area contributed by atoms with Gasteiger partial charge < -0.3 is 10.2 Å². The van der Waals surface area contributed by atoms with Gasteiger partial charge in [0.25, 0.3) is 0 Å². The summed E-state index contributed by atoms with van der Waals surface area (Å²) < 4.78 is 31.5. The molecule has 0 saturated carbocycles. The molecule has 2 aromatic carbocycles. The van der Waals surface area contributed by atoms with Crippen molar-refractivity contribution in [2.75, 3.05) is 18.4 Å². The molecule has 0 unspecified atom stereocenters. The van der Waals surface area contributed by atoms with Gasteiger partial charge in [0.15, 0.2) is 0 Å². The first kappa shape index (κ1) is 21.6. The van der Waals surface area contributed by atoms with Gasteiger partial charge in [-0.1, -0.05) is 29.8 Å². The van der Waals surface area contributed by atoms with E-state index >= 15 is 4.39 Å². The van der Waals surface area contributed by atoms with Crippen LogP contribution in [0.15, 0.2) is 36.9 Å². The first-order chi connectivity index (χ1) is 14.7. The SMILES string of the molecule is C=CC(=O)N1CC[C@](Nc2cc(F)c3c(C)nn(C)c3c2)(c2c(F)ccc(Cl)c2Cl)C1.